The molecule has 190 valence electrons. The zero-order valence-corrected chi connectivity index (χ0v) is 21.5. The second kappa shape index (κ2) is 10.1. The fourth-order valence-corrected chi connectivity index (χ4v) is 6.07. The van der Waals surface area contributed by atoms with E-state index in [0.29, 0.717) is 11.1 Å². The number of benzene rings is 4. The van der Waals surface area contributed by atoms with Crippen LogP contribution in [0.2, 0.25) is 0 Å². The maximum Gasteiger partial charge on any atom is 0.271 e. The van der Waals surface area contributed by atoms with Crippen molar-refractivity contribution in [3.8, 4) is 0 Å². The van der Waals surface area contributed by atoms with Crippen LogP contribution in [-0.4, -0.2) is 24.5 Å². The number of aryl methyl sites for hydroxylation is 1. The van der Waals surface area contributed by atoms with Crippen molar-refractivity contribution in [1.29, 1.82) is 0 Å². The first kappa shape index (κ1) is 25.2. The van der Waals surface area contributed by atoms with E-state index in [9.17, 15) is 18.0 Å². The van der Waals surface area contributed by atoms with Crippen LogP contribution in [0.25, 0.3) is 0 Å². The van der Waals surface area contributed by atoms with E-state index in [1.54, 1.807) is 78.9 Å². The molecule has 7 heteroatoms. The van der Waals surface area contributed by atoms with Crippen LogP contribution in [0.5, 0.6) is 0 Å². The van der Waals surface area contributed by atoms with Crippen LogP contribution in [0.3, 0.4) is 0 Å². The molecule has 0 aromatic heterocycles. The molecule has 0 fully saturated rings. The fourth-order valence-electron chi connectivity index (χ4n) is 4.77. The average Bonchev–Trinajstić information content (AvgIpc) is 2.95. The minimum Gasteiger partial charge on any atom is -0.333 e. The standard InChI is InChI=1S/C31H26N2O4S/c1-23-17-19-27(20-18-23)38(36,37)33-22-21-28(24-11-5-2-6-12-24)31(30(33)35,26-15-9-4-10-16-26)32-29(34)25-13-7-3-8-14-25/h2-22,28H,1H3,(H,32,34). The van der Waals surface area contributed by atoms with Gasteiger partial charge in [0.15, 0.2) is 5.54 Å². The summed E-state index contributed by atoms with van der Waals surface area (Å²) in [6.07, 6.45) is 2.96. The molecule has 2 amide bonds. The van der Waals surface area contributed by atoms with Crippen LogP contribution in [0.15, 0.2) is 132 Å². The van der Waals surface area contributed by atoms with Gasteiger partial charge in [-0.05, 0) is 42.3 Å². The van der Waals surface area contributed by atoms with Gasteiger partial charge < -0.3 is 5.32 Å². The van der Waals surface area contributed by atoms with Crippen molar-refractivity contribution in [3.63, 3.8) is 0 Å². The third-order valence-corrected chi connectivity index (χ3v) is 8.40. The van der Waals surface area contributed by atoms with E-state index in [1.165, 1.54) is 18.3 Å². The van der Waals surface area contributed by atoms with Gasteiger partial charge in [0, 0.05) is 17.7 Å². The fraction of sp³-hybridized carbons (Fsp3) is 0.0968. The molecule has 4 aromatic carbocycles. The molecule has 2 atom stereocenters. The summed E-state index contributed by atoms with van der Waals surface area (Å²) < 4.78 is 28.3. The number of carbonyl (C=O) groups excluding carboxylic acids is 2. The summed E-state index contributed by atoms with van der Waals surface area (Å²) in [7, 11) is -4.27. The first-order valence-corrected chi connectivity index (χ1v) is 13.6. The molecule has 0 bridgehead atoms. The predicted octanol–water partition coefficient (Wildman–Crippen LogP) is 5.15. The Morgan fingerprint density at radius 3 is 1.95 bits per heavy atom. The van der Waals surface area contributed by atoms with Gasteiger partial charge in [0.05, 0.1) is 4.90 Å². The first-order chi connectivity index (χ1) is 18.3. The van der Waals surface area contributed by atoms with Crippen molar-refractivity contribution < 1.29 is 18.0 Å². The Kier molecular flexibility index (Phi) is 6.70. The number of sulfonamides is 1. The van der Waals surface area contributed by atoms with Gasteiger partial charge in [-0.3, -0.25) is 9.59 Å². The van der Waals surface area contributed by atoms with Gasteiger partial charge in [-0.15, -0.1) is 0 Å². The molecule has 0 radical (unpaired) electrons. The highest BCUT2D eigenvalue weighted by molar-refractivity contribution is 7.89. The Labute approximate surface area is 222 Å². The van der Waals surface area contributed by atoms with E-state index in [0.717, 1.165) is 15.4 Å². The van der Waals surface area contributed by atoms with Crippen LogP contribution in [-0.2, 0) is 20.4 Å². The molecular weight excluding hydrogens is 496 g/mol. The summed E-state index contributed by atoms with van der Waals surface area (Å²) in [6, 6.07) is 32.9. The topological polar surface area (TPSA) is 83.6 Å². The number of carbonyl (C=O) groups is 2. The number of amides is 2. The lowest BCUT2D eigenvalue weighted by atomic mass is 9.72. The lowest BCUT2D eigenvalue weighted by Crippen LogP contribution is -2.61. The van der Waals surface area contributed by atoms with Crippen LogP contribution in [0.1, 0.15) is 33.0 Å². The van der Waals surface area contributed by atoms with E-state index in [-0.39, 0.29) is 4.90 Å². The molecule has 1 heterocycles. The SMILES string of the molecule is Cc1ccc(S(=O)(=O)N2C=CC(c3ccccc3)C(NC(=O)c3ccccc3)(c3ccccc3)C2=O)cc1. The minimum absolute atomic E-state index is 0.0180. The smallest absolute Gasteiger partial charge is 0.271 e. The predicted molar refractivity (Wildman–Crippen MR) is 146 cm³/mol. The maximum absolute atomic E-state index is 14.6. The molecule has 5 rings (SSSR count). The van der Waals surface area contributed by atoms with Crippen molar-refractivity contribution >= 4 is 21.8 Å². The molecule has 1 aliphatic heterocycles. The zero-order valence-electron chi connectivity index (χ0n) is 20.7. The second-order valence-corrected chi connectivity index (χ2v) is 11.0. The Bertz CT molecular complexity index is 1590. The molecule has 4 aromatic rings. The number of nitrogens with one attached hydrogen (secondary N) is 1. The summed E-state index contributed by atoms with van der Waals surface area (Å²) >= 11 is 0. The maximum atomic E-state index is 14.6. The molecular formula is C31H26N2O4S. The van der Waals surface area contributed by atoms with Gasteiger partial charge in [0.25, 0.3) is 21.8 Å². The lowest BCUT2D eigenvalue weighted by molar-refractivity contribution is -0.133. The van der Waals surface area contributed by atoms with E-state index in [4.69, 9.17) is 0 Å². The van der Waals surface area contributed by atoms with Crippen molar-refractivity contribution in [2.45, 2.75) is 23.3 Å². The highest BCUT2D eigenvalue weighted by Gasteiger charge is 2.54. The third-order valence-electron chi connectivity index (χ3n) is 6.73. The number of hydrogen-bond donors (Lipinski definition) is 1. The molecule has 6 nitrogen and oxygen atoms in total. The van der Waals surface area contributed by atoms with Gasteiger partial charge in [0.2, 0.25) is 0 Å². The lowest BCUT2D eigenvalue weighted by Gasteiger charge is -2.44. The van der Waals surface area contributed by atoms with Crippen LogP contribution >= 0.6 is 0 Å². The Morgan fingerprint density at radius 2 is 1.34 bits per heavy atom. The van der Waals surface area contributed by atoms with Gasteiger partial charge >= 0.3 is 0 Å². The molecule has 0 spiro atoms. The zero-order chi connectivity index (χ0) is 26.8. The number of hydrogen-bond acceptors (Lipinski definition) is 4. The number of nitrogens with zero attached hydrogens (tertiary/aromatic N) is 1. The Hall–Kier alpha value is -4.49. The van der Waals surface area contributed by atoms with Crippen LogP contribution in [0, 0.1) is 6.92 Å². The summed E-state index contributed by atoms with van der Waals surface area (Å²) in [5.41, 5.74) is 0.716. The van der Waals surface area contributed by atoms with Crippen LogP contribution in [0.4, 0.5) is 0 Å². The molecule has 0 saturated heterocycles. The van der Waals surface area contributed by atoms with Crippen LogP contribution < -0.4 is 5.32 Å². The van der Waals surface area contributed by atoms with Gasteiger partial charge in [0.1, 0.15) is 0 Å². The first-order valence-electron chi connectivity index (χ1n) is 12.2. The quantitative estimate of drug-likeness (QED) is 0.380. The highest BCUT2D eigenvalue weighted by atomic mass is 32.2. The summed E-state index contributed by atoms with van der Waals surface area (Å²) in [4.78, 5) is 28.2. The average molecular weight is 523 g/mol. The van der Waals surface area contributed by atoms with E-state index in [2.05, 4.69) is 5.32 Å². The molecule has 2 unspecified atom stereocenters. The second-order valence-electron chi connectivity index (χ2n) is 9.14. The van der Waals surface area contributed by atoms with Gasteiger partial charge in [-0.2, -0.15) is 0 Å². The Morgan fingerprint density at radius 1 is 0.789 bits per heavy atom. The Balaban J connectivity index is 1.73. The van der Waals surface area contributed by atoms with Gasteiger partial charge in [-0.25, -0.2) is 12.7 Å². The summed E-state index contributed by atoms with van der Waals surface area (Å²) in [5.74, 6) is -1.95. The van der Waals surface area contributed by atoms with Crippen molar-refractivity contribution in [2.75, 3.05) is 0 Å². The van der Waals surface area contributed by atoms with E-state index < -0.39 is 33.3 Å². The largest absolute Gasteiger partial charge is 0.333 e. The van der Waals surface area contributed by atoms with Gasteiger partial charge in [-0.1, -0.05) is 103 Å². The van der Waals surface area contributed by atoms with Crippen molar-refractivity contribution in [2.24, 2.45) is 0 Å². The third kappa shape index (κ3) is 4.41. The highest BCUT2D eigenvalue weighted by Crippen LogP contribution is 2.44. The van der Waals surface area contributed by atoms with E-state index >= 15 is 0 Å². The number of rotatable bonds is 6. The van der Waals surface area contributed by atoms with Crippen molar-refractivity contribution in [3.05, 3.63) is 150 Å². The normalized spacial score (nSPS) is 19.2. The van der Waals surface area contributed by atoms with E-state index in [1.807, 2.05) is 37.3 Å². The molecule has 1 N–H and O–H groups in total. The molecule has 38 heavy (non-hydrogen) atoms. The van der Waals surface area contributed by atoms with Crippen molar-refractivity contribution in [1.82, 2.24) is 9.62 Å². The summed E-state index contributed by atoms with van der Waals surface area (Å²) in [6.45, 7) is 1.85. The minimum atomic E-state index is -4.27. The monoisotopic (exact) mass is 522 g/mol. The summed E-state index contributed by atoms with van der Waals surface area (Å²) in [5, 5.41) is 2.98. The molecule has 0 aliphatic carbocycles. The molecule has 0 saturated carbocycles. The molecule has 1 aliphatic rings.